The van der Waals surface area contributed by atoms with Crippen molar-refractivity contribution < 1.29 is 9.47 Å². The van der Waals surface area contributed by atoms with E-state index in [0.29, 0.717) is 9.47 Å². The van der Waals surface area contributed by atoms with Crippen molar-refractivity contribution in [1.82, 2.24) is 0 Å². The van der Waals surface area contributed by atoms with Gasteiger partial charge in [-0.2, -0.15) is 0 Å². The first-order valence-electron chi connectivity index (χ1n) is 1.94. The third kappa shape index (κ3) is 25.5. The van der Waals surface area contributed by atoms with Crippen molar-refractivity contribution in [2.75, 3.05) is 0 Å². The molecule has 0 aromatic carbocycles. The van der Waals surface area contributed by atoms with Crippen molar-refractivity contribution in [2.45, 2.75) is 13.3 Å². The molecule has 0 bridgehead atoms. The van der Waals surface area contributed by atoms with Crippen LogP contribution >= 0.6 is 40.0 Å². The summed E-state index contributed by atoms with van der Waals surface area (Å²) in [6.45, 7) is 5.31. The van der Waals surface area contributed by atoms with Gasteiger partial charge in [-0.25, -0.2) is 0 Å². The Morgan fingerprint density at radius 2 is 2.00 bits per heavy atom. The van der Waals surface area contributed by atoms with Crippen molar-refractivity contribution in [2.24, 2.45) is 0 Å². The third-order valence-corrected chi connectivity index (χ3v) is 0.302. The second-order valence-corrected chi connectivity index (χ2v) is 12.5. The molecule has 0 aliphatic carbocycles. The van der Waals surface area contributed by atoms with Crippen molar-refractivity contribution >= 4 is 40.0 Å². The second-order valence-electron chi connectivity index (χ2n) is 0.741. The maximum atomic E-state index is 3.50. The van der Waals surface area contributed by atoms with Crippen LogP contribution in [0.4, 0.5) is 0 Å². The molecule has 0 rings (SSSR count). The molecule has 8 heavy (non-hydrogen) atoms. The van der Waals surface area contributed by atoms with Crippen LogP contribution in [0.1, 0.15) is 13.3 Å². The summed E-state index contributed by atoms with van der Waals surface area (Å²) in [7, 11) is 0.628. The molecule has 3 heteroatoms. The normalized spacial score (nSPS) is 5.00. The van der Waals surface area contributed by atoms with Gasteiger partial charge in [0.15, 0.2) is 0 Å². The first-order chi connectivity index (χ1) is 3.83. The van der Waals surface area contributed by atoms with E-state index in [1.807, 2.05) is 6.92 Å². The summed E-state index contributed by atoms with van der Waals surface area (Å²) in [4.78, 5) is 0. The van der Waals surface area contributed by atoms with Crippen LogP contribution in [0.5, 0.6) is 0 Å². The minimum atomic E-state index is 0.628. The van der Waals surface area contributed by atoms with Crippen LogP contribution in [0.2, 0.25) is 0 Å². The number of hydrogen-bond donors (Lipinski definition) is 0. The molecule has 0 nitrogen and oxygen atoms in total. The van der Waals surface area contributed by atoms with Gasteiger partial charge < -0.3 is 6.92 Å². The van der Waals surface area contributed by atoms with E-state index in [1.165, 1.54) is 0 Å². The van der Waals surface area contributed by atoms with E-state index < -0.39 is 0 Å². The molecule has 0 N–H and O–H groups in total. The van der Waals surface area contributed by atoms with E-state index >= 15 is 0 Å². The van der Waals surface area contributed by atoms with Crippen LogP contribution in [-0.2, 0) is 9.47 Å². The molecule has 0 heterocycles. The zero-order valence-corrected chi connectivity index (χ0v) is 10.3. The van der Waals surface area contributed by atoms with Crippen LogP contribution in [-0.4, -0.2) is 0 Å². The molecular weight excluding hydrogens is 365 g/mol. The van der Waals surface area contributed by atoms with E-state index in [-0.39, 0.29) is 0 Å². The van der Waals surface area contributed by atoms with Crippen LogP contribution in [0.15, 0.2) is 0 Å². The molecule has 0 spiro atoms. The van der Waals surface area contributed by atoms with E-state index in [2.05, 4.69) is 58.7 Å². The Morgan fingerprint density at radius 3 is 2.00 bits per heavy atom. The zero-order valence-electron chi connectivity index (χ0n) is 4.62. The third-order valence-electron chi connectivity index (χ3n) is 0.302. The zero-order chi connectivity index (χ0) is 6.83. The van der Waals surface area contributed by atoms with Crippen molar-refractivity contribution in [3.8, 4) is 11.8 Å². The first-order valence-corrected chi connectivity index (χ1v) is 11.0. The second kappa shape index (κ2) is 15.8. The summed E-state index contributed by atoms with van der Waals surface area (Å²) in [5, 5.41) is 0. The van der Waals surface area contributed by atoms with E-state index in [1.54, 1.807) is 0 Å². The number of halogens is 2. The minimum absolute atomic E-state index is 0.628. The maximum absolute atomic E-state index is 3.50. The predicted octanol–water partition coefficient (Wildman–Crippen LogP) is 3.00. The molecule has 0 fully saturated rings. The molecule has 0 aliphatic heterocycles. The van der Waals surface area contributed by atoms with Gasteiger partial charge in [0, 0.05) is 0 Å². The van der Waals surface area contributed by atoms with Crippen molar-refractivity contribution in [1.29, 1.82) is 0 Å². The van der Waals surface area contributed by atoms with Crippen molar-refractivity contribution in [3.63, 3.8) is 0 Å². The fraction of sp³-hybridized carbons (Fsp3) is 0.400. The molecular formula is C5H7I2V-. The van der Waals surface area contributed by atoms with Crippen LogP contribution in [0, 0.1) is 18.8 Å². The average molecular weight is 372 g/mol. The summed E-state index contributed by atoms with van der Waals surface area (Å²) in [6, 6.07) is 0. The van der Waals surface area contributed by atoms with Gasteiger partial charge in [-0.15, -0.1) is 18.3 Å². The number of rotatable bonds is 0. The van der Waals surface area contributed by atoms with E-state index in [4.69, 9.17) is 0 Å². The Kier molecular flexibility index (Phi) is 24.3. The first kappa shape index (κ1) is 12.3. The summed E-state index contributed by atoms with van der Waals surface area (Å²) < 4.78 is 0. The fourth-order valence-corrected chi connectivity index (χ4v) is 0.125. The SMILES string of the molecule is [CH2-]CC#CC.[I][V][I]. The quantitative estimate of drug-likeness (QED) is 0.349. The Hall–Kier alpha value is 1.60. The Bertz CT molecular complexity index is 72.2. The Balaban J connectivity index is 0. The van der Waals surface area contributed by atoms with E-state index in [0.717, 1.165) is 6.42 Å². The molecule has 0 aromatic heterocycles. The Labute approximate surface area is 80.4 Å². The van der Waals surface area contributed by atoms with Gasteiger partial charge in [0.1, 0.15) is 0 Å². The summed E-state index contributed by atoms with van der Waals surface area (Å²) in [5.41, 5.74) is 0. The van der Waals surface area contributed by atoms with Crippen LogP contribution < -0.4 is 0 Å². The summed E-state index contributed by atoms with van der Waals surface area (Å²) in [6.07, 6.45) is 0.733. The fourth-order valence-electron chi connectivity index (χ4n) is 0.125. The van der Waals surface area contributed by atoms with Crippen LogP contribution in [0.25, 0.3) is 0 Å². The monoisotopic (exact) mass is 372 g/mol. The van der Waals surface area contributed by atoms with Gasteiger partial charge in [-0.05, 0) is 6.92 Å². The molecule has 47 valence electrons. The molecule has 0 saturated carbocycles. The summed E-state index contributed by atoms with van der Waals surface area (Å²) in [5.74, 6) is 5.45. The molecule has 0 amide bonds. The molecule has 0 aliphatic rings. The van der Waals surface area contributed by atoms with Crippen molar-refractivity contribution in [3.05, 3.63) is 6.92 Å². The van der Waals surface area contributed by atoms with Gasteiger partial charge in [0.25, 0.3) is 0 Å². The molecule has 0 radical (unpaired) electrons. The van der Waals surface area contributed by atoms with Gasteiger partial charge >= 0.3 is 49.4 Å². The van der Waals surface area contributed by atoms with Gasteiger partial charge in [0.2, 0.25) is 0 Å². The summed E-state index contributed by atoms with van der Waals surface area (Å²) >= 11 is 4.74. The van der Waals surface area contributed by atoms with Gasteiger partial charge in [-0.1, -0.05) is 0 Å². The molecule has 0 aromatic rings. The Morgan fingerprint density at radius 1 is 1.62 bits per heavy atom. The van der Waals surface area contributed by atoms with Gasteiger partial charge in [-0.3, -0.25) is 0 Å². The van der Waals surface area contributed by atoms with Gasteiger partial charge in [0.05, 0.1) is 0 Å². The molecule has 0 unspecified atom stereocenters. The molecule has 0 saturated heterocycles. The predicted molar refractivity (Wildman–Crippen MR) is 51.5 cm³/mol. The van der Waals surface area contributed by atoms with E-state index in [9.17, 15) is 0 Å². The topological polar surface area (TPSA) is 0 Å². The van der Waals surface area contributed by atoms with Crippen LogP contribution in [0.3, 0.4) is 0 Å². The molecule has 0 atom stereocenters. The average Bonchev–Trinajstić information content (AvgIpc) is 1.71. The standard InChI is InChI=1S/C5H7.2HI.V/c1-3-5-4-2;;;/h1,3H2,2H3;2*1H;/q-1;;;+2/p-2. The number of hydrogen-bond acceptors (Lipinski definition) is 0.